The molecule has 0 saturated carbocycles. The summed E-state index contributed by atoms with van der Waals surface area (Å²) in [4.78, 5) is 13.9. The minimum absolute atomic E-state index is 0.0146. The molecule has 0 radical (unpaired) electrons. The Morgan fingerprint density at radius 1 is 1.32 bits per heavy atom. The Hall–Kier alpha value is -2.34. The molecular weight excluding hydrogens is 318 g/mol. The zero-order chi connectivity index (χ0) is 18.3. The fraction of sp³-hybridized carbons (Fsp3) is 0.474. The lowest BCUT2D eigenvalue weighted by Gasteiger charge is -2.34. The van der Waals surface area contributed by atoms with E-state index in [0.717, 1.165) is 5.56 Å². The first-order valence-corrected chi connectivity index (χ1v) is 8.47. The van der Waals surface area contributed by atoms with E-state index < -0.39 is 6.10 Å². The molecule has 2 N–H and O–H groups in total. The Morgan fingerprint density at radius 3 is 2.56 bits per heavy atom. The van der Waals surface area contributed by atoms with Gasteiger partial charge in [-0.1, -0.05) is 51.1 Å². The van der Waals surface area contributed by atoms with Gasteiger partial charge in [0, 0.05) is 18.4 Å². The summed E-state index contributed by atoms with van der Waals surface area (Å²) in [5.74, 6) is 0. The van der Waals surface area contributed by atoms with E-state index in [1.807, 2.05) is 36.4 Å². The van der Waals surface area contributed by atoms with Crippen LogP contribution in [0.5, 0.6) is 0 Å². The van der Waals surface area contributed by atoms with Gasteiger partial charge in [-0.25, -0.2) is 4.79 Å². The number of likely N-dealkylation sites (tertiary alicyclic amines) is 1. The average molecular weight is 345 g/mol. The number of hydrogen-bond acceptors (Lipinski definition) is 4. The van der Waals surface area contributed by atoms with Crippen molar-refractivity contribution in [1.29, 1.82) is 0 Å². The standard InChI is InChI=1S/C16H23NO3.C3H4N2/c1-16(2,3)14-9-13(18)10-17(14)15(19)20-11-12-7-5-4-6-8-12;1-2-4-5-3-1/h4-8,13-14,18H,9-11H2,1-3H3;1-3H,(H,4,5)/t13-,14-;/m0./s1. The van der Waals surface area contributed by atoms with E-state index >= 15 is 0 Å². The summed E-state index contributed by atoms with van der Waals surface area (Å²) in [6, 6.07) is 11.5. The number of aromatic nitrogens is 2. The van der Waals surface area contributed by atoms with Crippen molar-refractivity contribution in [2.75, 3.05) is 6.54 Å². The number of nitrogens with one attached hydrogen (secondary N) is 1. The Balaban J connectivity index is 0.000000386. The molecule has 1 fully saturated rings. The number of aliphatic hydroxyl groups excluding tert-OH is 1. The number of ether oxygens (including phenoxy) is 1. The number of H-pyrrole nitrogens is 1. The Bertz CT molecular complexity index is 606. The Morgan fingerprint density at radius 2 is 2.04 bits per heavy atom. The number of β-amino-alcohol motifs (C(OH)–C–C–N with tert-alkyl or cyclic N) is 1. The van der Waals surface area contributed by atoms with E-state index in [4.69, 9.17) is 4.74 Å². The lowest BCUT2D eigenvalue weighted by Crippen LogP contribution is -2.43. The molecule has 3 rings (SSSR count). The minimum atomic E-state index is -0.455. The molecule has 1 aliphatic heterocycles. The number of aliphatic hydroxyl groups is 1. The van der Waals surface area contributed by atoms with Crippen LogP contribution in [0.4, 0.5) is 4.79 Å². The molecule has 0 bridgehead atoms. The van der Waals surface area contributed by atoms with Gasteiger partial charge in [-0.05, 0) is 23.5 Å². The zero-order valence-electron chi connectivity index (χ0n) is 15.1. The molecule has 0 unspecified atom stereocenters. The molecule has 1 saturated heterocycles. The maximum Gasteiger partial charge on any atom is 0.410 e. The van der Waals surface area contributed by atoms with Crippen molar-refractivity contribution in [2.45, 2.75) is 45.9 Å². The lowest BCUT2D eigenvalue weighted by atomic mass is 9.85. The number of rotatable bonds is 2. The average Bonchev–Trinajstić information content (AvgIpc) is 3.26. The third kappa shape index (κ3) is 5.90. The Labute approximate surface area is 148 Å². The normalized spacial score (nSPS) is 19.9. The second kappa shape index (κ2) is 8.67. The van der Waals surface area contributed by atoms with Crippen LogP contribution in [0.1, 0.15) is 32.8 Å². The van der Waals surface area contributed by atoms with Crippen molar-refractivity contribution in [3.05, 3.63) is 54.4 Å². The van der Waals surface area contributed by atoms with Crippen LogP contribution >= 0.6 is 0 Å². The third-order valence-electron chi connectivity index (χ3n) is 4.12. The van der Waals surface area contributed by atoms with Crippen molar-refractivity contribution in [3.63, 3.8) is 0 Å². The first kappa shape index (κ1) is 19.0. The van der Waals surface area contributed by atoms with Gasteiger partial charge in [-0.15, -0.1) is 0 Å². The number of benzene rings is 1. The lowest BCUT2D eigenvalue weighted by molar-refractivity contribution is 0.0688. The van der Waals surface area contributed by atoms with Gasteiger partial charge in [0.15, 0.2) is 0 Å². The summed E-state index contributed by atoms with van der Waals surface area (Å²) in [7, 11) is 0. The van der Waals surface area contributed by atoms with Crippen LogP contribution < -0.4 is 0 Å². The number of aromatic amines is 1. The van der Waals surface area contributed by atoms with Gasteiger partial charge in [-0.3, -0.25) is 5.10 Å². The monoisotopic (exact) mass is 345 g/mol. The number of hydrogen-bond donors (Lipinski definition) is 2. The number of carbonyl (C=O) groups excluding carboxylic acids is 1. The van der Waals surface area contributed by atoms with Crippen molar-refractivity contribution in [3.8, 4) is 0 Å². The maximum atomic E-state index is 12.2. The van der Waals surface area contributed by atoms with Crippen LogP contribution in [0.25, 0.3) is 0 Å². The number of nitrogens with zero attached hydrogens (tertiary/aromatic N) is 2. The predicted molar refractivity (Wildman–Crippen MR) is 95.8 cm³/mol. The fourth-order valence-corrected chi connectivity index (χ4v) is 2.85. The number of amides is 1. The van der Waals surface area contributed by atoms with Crippen LogP contribution in [-0.2, 0) is 11.3 Å². The molecular formula is C19H27N3O3. The highest BCUT2D eigenvalue weighted by Gasteiger charge is 2.41. The van der Waals surface area contributed by atoms with Crippen LogP contribution in [0, 0.1) is 5.41 Å². The summed E-state index contributed by atoms with van der Waals surface area (Å²) in [5.41, 5.74) is 0.899. The fourth-order valence-electron chi connectivity index (χ4n) is 2.85. The second-order valence-electron chi connectivity index (χ2n) is 7.23. The highest BCUT2D eigenvalue weighted by molar-refractivity contribution is 5.68. The van der Waals surface area contributed by atoms with Gasteiger partial charge in [-0.2, -0.15) is 5.10 Å². The van der Waals surface area contributed by atoms with Gasteiger partial charge >= 0.3 is 6.09 Å². The van der Waals surface area contributed by atoms with Gasteiger partial charge in [0.1, 0.15) is 6.61 Å². The largest absolute Gasteiger partial charge is 0.445 e. The molecule has 2 aromatic rings. The zero-order valence-corrected chi connectivity index (χ0v) is 15.1. The molecule has 1 aliphatic rings. The van der Waals surface area contributed by atoms with E-state index in [9.17, 15) is 9.90 Å². The molecule has 1 aromatic carbocycles. The second-order valence-corrected chi connectivity index (χ2v) is 7.23. The van der Waals surface area contributed by atoms with Crippen LogP contribution in [0.2, 0.25) is 0 Å². The van der Waals surface area contributed by atoms with Crippen molar-refractivity contribution >= 4 is 6.09 Å². The van der Waals surface area contributed by atoms with Crippen molar-refractivity contribution < 1.29 is 14.6 Å². The van der Waals surface area contributed by atoms with E-state index in [-0.39, 0.29) is 24.2 Å². The SMILES string of the molecule is CC(C)(C)[C@@H]1C[C@H](O)CN1C(=O)OCc1ccccc1.c1cn[nH]c1. The molecule has 6 nitrogen and oxygen atoms in total. The highest BCUT2D eigenvalue weighted by atomic mass is 16.6. The molecule has 1 amide bonds. The van der Waals surface area contributed by atoms with Gasteiger partial charge in [0.2, 0.25) is 0 Å². The summed E-state index contributed by atoms with van der Waals surface area (Å²) < 4.78 is 5.36. The summed E-state index contributed by atoms with van der Waals surface area (Å²) in [6.45, 7) is 6.85. The quantitative estimate of drug-likeness (QED) is 0.876. The van der Waals surface area contributed by atoms with E-state index in [1.165, 1.54) is 0 Å². The van der Waals surface area contributed by atoms with Crippen LogP contribution in [0.3, 0.4) is 0 Å². The molecule has 1 aromatic heterocycles. The van der Waals surface area contributed by atoms with Gasteiger partial charge in [0.05, 0.1) is 12.6 Å². The van der Waals surface area contributed by atoms with Crippen LogP contribution in [-0.4, -0.2) is 45.0 Å². The topological polar surface area (TPSA) is 78.4 Å². The van der Waals surface area contributed by atoms with Crippen LogP contribution in [0.15, 0.2) is 48.8 Å². The molecule has 2 heterocycles. The number of carbonyl (C=O) groups is 1. The summed E-state index contributed by atoms with van der Waals surface area (Å²) in [5, 5.41) is 16.0. The van der Waals surface area contributed by atoms with Crippen molar-refractivity contribution in [2.24, 2.45) is 5.41 Å². The summed E-state index contributed by atoms with van der Waals surface area (Å²) >= 11 is 0. The van der Waals surface area contributed by atoms with Gasteiger partial charge < -0.3 is 14.7 Å². The molecule has 25 heavy (non-hydrogen) atoms. The first-order chi connectivity index (χ1) is 11.9. The predicted octanol–water partition coefficient (Wildman–Crippen LogP) is 3.21. The Kier molecular flexibility index (Phi) is 6.58. The van der Waals surface area contributed by atoms with Crippen molar-refractivity contribution in [1.82, 2.24) is 15.1 Å². The van der Waals surface area contributed by atoms with E-state index in [0.29, 0.717) is 13.0 Å². The molecule has 2 atom stereocenters. The highest BCUT2D eigenvalue weighted by Crippen LogP contribution is 2.33. The minimum Gasteiger partial charge on any atom is -0.445 e. The van der Waals surface area contributed by atoms with Gasteiger partial charge in [0.25, 0.3) is 0 Å². The smallest absolute Gasteiger partial charge is 0.410 e. The molecule has 0 spiro atoms. The maximum absolute atomic E-state index is 12.2. The molecule has 0 aliphatic carbocycles. The summed E-state index contributed by atoms with van der Waals surface area (Å²) in [6.07, 6.45) is 3.28. The first-order valence-electron chi connectivity index (χ1n) is 8.47. The molecule has 6 heteroatoms. The van der Waals surface area contributed by atoms with E-state index in [1.54, 1.807) is 17.3 Å². The molecule has 136 valence electrons. The van der Waals surface area contributed by atoms with E-state index in [2.05, 4.69) is 31.0 Å². The third-order valence-corrected chi connectivity index (χ3v) is 4.12.